The fourth-order valence-corrected chi connectivity index (χ4v) is 1.58. The van der Waals surface area contributed by atoms with E-state index in [9.17, 15) is 4.79 Å². The summed E-state index contributed by atoms with van der Waals surface area (Å²) in [6.07, 6.45) is 5.04. The maximum Gasteiger partial charge on any atom is 0.228 e. The first kappa shape index (κ1) is 9.78. The van der Waals surface area contributed by atoms with Crippen LogP contribution in [0.25, 0.3) is 0 Å². The van der Waals surface area contributed by atoms with Crippen molar-refractivity contribution in [3.63, 3.8) is 0 Å². The van der Waals surface area contributed by atoms with Gasteiger partial charge in [-0.25, -0.2) is 9.97 Å². The van der Waals surface area contributed by atoms with Gasteiger partial charge in [0.2, 0.25) is 5.91 Å². The Kier molecular flexibility index (Phi) is 3.03. The molecule has 0 saturated heterocycles. The van der Waals surface area contributed by atoms with Gasteiger partial charge in [0.05, 0.1) is 6.54 Å². The van der Waals surface area contributed by atoms with Crippen LogP contribution in [-0.2, 0) is 11.3 Å². The maximum absolute atomic E-state index is 11.4. The Morgan fingerprint density at radius 3 is 3.20 bits per heavy atom. The third-order valence-corrected chi connectivity index (χ3v) is 2.40. The number of rotatable bonds is 4. The lowest BCUT2D eigenvalue weighted by Crippen LogP contribution is -2.14. The van der Waals surface area contributed by atoms with Crippen LogP contribution in [0.4, 0.5) is 5.13 Å². The topological polar surface area (TPSA) is 72.7 Å². The molecule has 2 rings (SSSR count). The molecule has 2 aromatic rings. The van der Waals surface area contributed by atoms with Crippen molar-refractivity contribution in [2.75, 3.05) is 5.32 Å². The summed E-state index contributed by atoms with van der Waals surface area (Å²) < 4.78 is 1.61. The molecule has 0 aliphatic rings. The molecule has 0 spiro atoms. The standard InChI is InChI=1S/C8H9N5OS/c14-7(12-8-10-2-4-15-8)1-3-13-6-9-5-11-13/h2,4-6H,1,3H2,(H,10,12,14). The second-order valence-corrected chi connectivity index (χ2v) is 3.69. The number of amides is 1. The number of aromatic nitrogens is 4. The van der Waals surface area contributed by atoms with Crippen molar-refractivity contribution < 1.29 is 4.79 Å². The minimum atomic E-state index is -0.0690. The summed E-state index contributed by atoms with van der Waals surface area (Å²) in [5.41, 5.74) is 0. The predicted molar refractivity (Wildman–Crippen MR) is 55.4 cm³/mol. The van der Waals surface area contributed by atoms with Crippen molar-refractivity contribution in [3.8, 4) is 0 Å². The van der Waals surface area contributed by atoms with Gasteiger partial charge < -0.3 is 5.32 Å². The fourth-order valence-electron chi connectivity index (χ4n) is 1.03. The molecule has 1 amide bonds. The zero-order valence-electron chi connectivity index (χ0n) is 7.83. The van der Waals surface area contributed by atoms with Crippen LogP contribution in [0.1, 0.15) is 6.42 Å². The molecule has 2 heterocycles. The van der Waals surface area contributed by atoms with Gasteiger partial charge in [-0.05, 0) is 0 Å². The van der Waals surface area contributed by atoms with E-state index in [1.807, 2.05) is 5.38 Å². The monoisotopic (exact) mass is 223 g/mol. The summed E-state index contributed by atoms with van der Waals surface area (Å²) in [5.74, 6) is -0.0690. The second-order valence-electron chi connectivity index (χ2n) is 2.79. The summed E-state index contributed by atoms with van der Waals surface area (Å²) in [6.45, 7) is 0.525. The van der Waals surface area contributed by atoms with Crippen molar-refractivity contribution in [2.45, 2.75) is 13.0 Å². The van der Waals surface area contributed by atoms with E-state index < -0.39 is 0 Å². The number of anilines is 1. The average molecular weight is 223 g/mol. The molecule has 0 fully saturated rings. The van der Waals surface area contributed by atoms with Gasteiger partial charge in [0.25, 0.3) is 0 Å². The van der Waals surface area contributed by atoms with Crippen LogP contribution in [0.5, 0.6) is 0 Å². The SMILES string of the molecule is O=C(CCn1cncn1)Nc1nccs1. The van der Waals surface area contributed by atoms with Gasteiger partial charge >= 0.3 is 0 Å². The number of nitrogens with zero attached hydrogens (tertiary/aromatic N) is 4. The Labute approximate surface area is 90.0 Å². The number of thiazole rings is 1. The van der Waals surface area contributed by atoms with Gasteiger partial charge in [-0.15, -0.1) is 11.3 Å². The molecule has 15 heavy (non-hydrogen) atoms. The molecule has 2 aromatic heterocycles. The maximum atomic E-state index is 11.4. The van der Waals surface area contributed by atoms with Crippen molar-refractivity contribution in [1.82, 2.24) is 19.7 Å². The van der Waals surface area contributed by atoms with Crippen LogP contribution in [0.3, 0.4) is 0 Å². The lowest BCUT2D eigenvalue weighted by Gasteiger charge is -2.01. The first-order chi connectivity index (χ1) is 7.34. The van der Waals surface area contributed by atoms with Crippen LogP contribution < -0.4 is 5.32 Å². The van der Waals surface area contributed by atoms with Crippen LogP contribution in [0, 0.1) is 0 Å². The Morgan fingerprint density at radius 1 is 1.60 bits per heavy atom. The van der Waals surface area contributed by atoms with Gasteiger partial charge in [-0.1, -0.05) is 0 Å². The lowest BCUT2D eigenvalue weighted by atomic mass is 10.4. The Balaban J connectivity index is 1.78. The van der Waals surface area contributed by atoms with Crippen LogP contribution in [0.15, 0.2) is 24.2 Å². The molecule has 0 unspecified atom stereocenters. The molecule has 7 heteroatoms. The molecule has 0 bridgehead atoms. The smallest absolute Gasteiger partial charge is 0.228 e. The first-order valence-electron chi connectivity index (χ1n) is 4.36. The highest BCUT2D eigenvalue weighted by atomic mass is 32.1. The Bertz CT molecular complexity index is 410. The molecule has 0 radical (unpaired) electrons. The van der Waals surface area contributed by atoms with E-state index in [2.05, 4.69) is 20.4 Å². The normalized spacial score (nSPS) is 10.1. The molecule has 6 nitrogen and oxygen atoms in total. The summed E-state index contributed by atoms with van der Waals surface area (Å²) in [6, 6.07) is 0. The van der Waals surface area contributed by atoms with E-state index in [-0.39, 0.29) is 5.91 Å². The van der Waals surface area contributed by atoms with E-state index in [0.29, 0.717) is 18.1 Å². The summed E-state index contributed by atoms with van der Waals surface area (Å²) in [7, 11) is 0. The van der Waals surface area contributed by atoms with E-state index >= 15 is 0 Å². The third kappa shape index (κ3) is 2.84. The van der Waals surface area contributed by atoms with Gasteiger partial charge in [0, 0.05) is 18.0 Å². The minimum Gasteiger partial charge on any atom is -0.302 e. The van der Waals surface area contributed by atoms with E-state index in [1.54, 1.807) is 17.2 Å². The molecule has 0 atom stereocenters. The highest BCUT2D eigenvalue weighted by Gasteiger charge is 2.04. The number of nitrogens with one attached hydrogen (secondary N) is 1. The fraction of sp³-hybridized carbons (Fsp3) is 0.250. The quantitative estimate of drug-likeness (QED) is 0.830. The zero-order chi connectivity index (χ0) is 10.5. The molecule has 0 aromatic carbocycles. The van der Waals surface area contributed by atoms with E-state index in [0.717, 1.165) is 0 Å². The lowest BCUT2D eigenvalue weighted by molar-refractivity contribution is -0.116. The van der Waals surface area contributed by atoms with Gasteiger partial charge in [0.1, 0.15) is 12.7 Å². The number of aryl methyl sites for hydroxylation is 1. The van der Waals surface area contributed by atoms with Crippen LogP contribution in [-0.4, -0.2) is 25.7 Å². The van der Waals surface area contributed by atoms with Crippen molar-refractivity contribution in [2.24, 2.45) is 0 Å². The average Bonchev–Trinajstić information content (AvgIpc) is 2.86. The van der Waals surface area contributed by atoms with Crippen LogP contribution in [0.2, 0.25) is 0 Å². The molecule has 0 saturated carbocycles. The summed E-state index contributed by atoms with van der Waals surface area (Å²) in [4.78, 5) is 19.1. The summed E-state index contributed by atoms with van der Waals surface area (Å²) in [5, 5.41) is 9.03. The number of carbonyl (C=O) groups excluding carboxylic acids is 1. The predicted octanol–water partition coefficient (Wildman–Crippen LogP) is 0.763. The van der Waals surface area contributed by atoms with Gasteiger partial charge in [-0.2, -0.15) is 5.10 Å². The highest BCUT2D eigenvalue weighted by Crippen LogP contribution is 2.10. The van der Waals surface area contributed by atoms with E-state index in [1.165, 1.54) is 17.7 Å². The van der Waals surface area contributed by atoms with Gasteiger partial charge in [0.15, 0.2) is 5.13 Å². The molecule has 0 aliphatic carbocycles. The highest BCUT2D eigenvalue weighted by molar-refractivity contribution is 7.13. The largest absolute Gasteiger partial charge is 0.302 e. The molecular weight excluding hydrogens is 214 g/mol. The Morgan fingerprint density at radius 2 is 2.53 bits per heavy atom. The second kappa shape index (κ2) is 4.65. The number of hydrogen-bond donors (Lipinski definition) is 1. The van der Waals surface area contributed by atoms with Crippen LogP contribution >= 0.6 is 11.3 Å². The molecule has 0 aliphatic heterocycles. The van der Waals surface area contributed by atoms with E-state index in [4.69, 9.17) is 0 Å². The minimum absolute atomic E-state index is 0.0690. The summed E-state index contributed by atoms with van der Waals surface area (Å²) >= 11 is 1.40. The number of hydrogen-bond acceptors (Lipinski definition) is 5. The van der Waals surface area contributed by atoms with Gasteiger partial charge in [-0.3, -0.25) is 9.48 Å². The van der Waals surface area contributed by atoms with Crippen molar-refractivity contribution in [3.05, 3.63) is 24.2 Å². The van der Waals surface area contributed by atoms with Crippen molar-refractivity contribution >= 4 is 22.4 Å². The molecular formula is C8H9N5OS. The number of carbonyl (C=O) groups is 1. The molecule has 78 valence electrons. The third-order valence-electron chi connectivity index (χ3n) is 1.71. The Hall–Kier alpha value is -1.76. The molecule has 1 N–H and O–H groups in total. The first-order valence-corrected chi connectivity index (χ1v) is 5.24. The zero-order valence-corrected chi connectivity index (χ0v) is 8.65. The van der Waals surface area contributed by atoms with Crippen molar-refractivity contribution in [1.29, 1.82) is 0 Å².